The van der Waals surface area contributed by atoms with Crippen LogP contribution in [0.3, 0.4) is 0 Å². The molecule has 0 spiro atoms. The normalized spacial score (nSPS) is 12.2. The highest BCUT2D eigenvalue weighted by molar-refractivity contribution is 7.92. The number of rotatable bonds is 10. The molecule has 0 saturated carbocycles. The Morgan fingerprint density at radius 3 is 2.03 bits per heavy atom. The SMILES string of the molecule is Cc1ccc(N(CC(=O)N(Cc2ccccc2C)[C@@H](C)C(=O)NC(C)C)S(=O)(=O)c2ccccc2)cc1. The van der Waals surface area contributed by atoms with Gasteiger partial charge in [0.2, 0.25) is 11.8 Å². The largest absolute Gasteiger partial charge is 0.352 e. The molecule has 1 N–H and O–H groups in total. The molecule has 2 amide bonds. The van der Waals surface area contributed by atoms with Gasteiger partial charge in [0, 0.05) is 12.6 Å². The van der Waals surface area contributed by atoms with Crippen LogP contribution in [0, 0.1) is 13.8 Å². The number of nitrogens with one attached hydrogen (secondary N) is 1. The van der Waals surface area contributed by atoms with E-state index in [0.717, 1.165) is 21.0 Å². The summed E-state index contributed by atoms with van der Waals surface area (Å²) < 4.78 is 28.5. The van der Waals surface area contributed by atoms with E-state index in [1.807, 2.05) is 52.0 Å². The van der Waals surface area contributed by atoms with E-state index >= 15 is 0 Å². The first-order valence-electron chi connectivity index (χ1n) is 12.3. The van der Waals surface area contributed by atoms with Crippen molar-refractivity contribution in [2.24, 2.45) is 0 Å². The number of hydrogen-bond acceptors (Lipinski definition) is 4. The minimum absolute atomic E-state index is 0.0828. The topological polar surface area (TPSA) is 86.8 Å². The van der Waals surface area contributed by atoms with Crippen LogP contribution in [-0.2, 0) is 26.2 Å². The van der Waals surface area contributed by atoms with Crippen molar-refractivity contribution < 1.29 is 18.0 Å². The van der Waals surface area contributed by atoms with Crippen LogP contribution in [0.4, 0.5) is 5.69 Å². The number of aryl methyl sites for hydroxylation is 2. The van der Waals surface area contributed by atoms with Crippen molar-refractivity contribution in [1.82, 2.24) is 10.2 Å². The van der Waals surface area contributed by atoms with Crippen LogP contribution in [0.2, 0.25) is 0 Å². The fourth-order valence-electron chi connectivity index (χ4n) is 3.92. The zero-order valence-electron chi connectivity index (χ0n) is 22.0. The molecule has 0 radical (unpaired) electrons. The van der Waals surface area contributed by atoms with Crippen molar-refractivity contribution >= 4 is 27.5 Å². The van der Waals surface area contributed by atoms with Crippen molar-refractivity contribution in [3.8, 4) is 0 Å². The molecule has 0 aromatic heterocycles. The molecular weight excluding hydrogens is 486 g/mol. The molecule has 3 aromatic carbocycles. The Balaban J connectivity index is 2.02. The minimum atomic E-state index is -4.06. The molecule has 8 heteroatoms. The predicted molar refractivity (Wildman–Crippen MR) is 147 cm³/mol. The molecule has 0 aliphatic heterocycles. The summed E-state index contributed by atoms with van der Waals surface area (Å²) in [7, 11) is -4.06. The molecule has 0 aliphatic rings. The third kappa shape index (κ3) is 6.98. The van der Waals surface area contributed by atoms with Crippen molar-refractivity contribution in [1.29, 1.82) is 0 Å². The van der Waals surface area contributed by atoms with E-state index in [1.54, 1.807) is 49.4 Å². The molecule has 0 unspecified atom stereocenters. The standard InChI is InChI=1S/C29H35N3O4S/c1-21(2)30-29(34)24(5)31(19-25-12-10-9-11-23(25)4)28(33)20-32(26-17-15-22(3)16-18-26)37(35,36)27-13-7-6-8-14-27/h6-18,21,24H,19-20H2,1-5H3,(H,30,34)/t24-/m0/s1. The number of carbonyl (C=O) groups is 2. The van der Waals surface area contributed by atoms with Crippen LogP contribution in [-0.4, -0.2) is 43.8 Å². The Labute approximate surface area is 220 Å². The first-order chi connectivity index (χ1) is 17.5. The lowest BCUT2D eigenvalue weighted by molar-refractivity contribution is -0.139. The van der Waals surface area contributed by atoms with Gasteiger partial charge in [0.05, 0.1) is 10.6 Å². The predicted octanol–water partition coefficient (Wildman–Crippen LogP) is 4.44. The van der Waals surface area contributed by atoms with Gasteiger partial charge in [-0.2, -0.15) is 0 Å². The van der Waals surface area contributed by atoms with Gasteiger partial charge >= 0.3 is 0 Å². The summed E-state index contributed by atoms with van der Waals surface area (Å²) in [6.45, 7) is 8.93. The number of anilines is 1. The monoisotopic (exact) mass is 521 g/mol. The first-order valence-corrected chi connectivity index (χ1v) is 13.7. The number of benzene rings is 3. The molecule has 1 atom stereocenters. The van der Waals surface area contributed by atoms with Gasteiger partial charge in [-0.25, -0.2) is 8.42 Å². The second kappa shape index (κ2) is 12.1. The van der Waals surface area contributed by atoms with Crippen molar-refractivity contribution in [3.63, 3.8) is 0 Å². The maximum absolute atomic E-state index is 13.9. The number of sulfonamides is 1. The summed E-state index contributed by atoms with van der Waals surface area (Å²) in [6.07, 6.45) is 0. The smallest absolute Gasteiger partial charge is 0.264 e. The number of amides is 2. The first kappa shape index (κ1) is 27.9. The molecule has 0 heterocycles. The number of nitrogens with zero attached hydrogens (tertiary/aromatic N) is 2. The molecule has 196 valence electrons. The lowest BCUT2D eigenvalue weighted by Crippen LogP contribution is -2.52. The molecule has 3 rings (SSSR count). The average Bonchev–Trinajstić information content (AvgIpc) is 2.87. The van der Waals surface area contributed by atoms with E-state index in [1.165, 1.54) is 17.0 Å². The van der Waals surface area contributed by atoms with Gasteiger partial charge in [0.15, 0.2) is 0 Å². The van der Waals surface area contributed by atoms with E-state index in [4.69, 9.17) is 0 Å². The van der Waals surface area contributed by atoms with Gasteiger partial charge in [-0.15, -0.1) is 0 Å². The zero-order valence-corrected chi connectivity index (χ0v) is 22.8. The minimum Gasteiger partial charge on any atom is -0.352 e. The van der Waals surface area contributed by atoms with Gasteiger partial charge in [-0.05, 0) is 70.0 Å². The third-order valence-electron chi connectivity index (χ3n) is 6.13. The number of hydrogen-bond donors (Lipinski definition) is 1. The Morgan fingerprint density at radius 2 is 1.43 bits per heavy atom. The van der Waals surface area contributed by atoms with E-state index < -0.39 is 28.5 Å². The Morgan fingerprint density at radius 1 is 0.838 bits per heavy atom. The zero-order chi connectivity index (χ0) is 27.2. The van der Waals surface area contributed by atoms with Crippen molar-refractivity contribution in [3.05, 3.63) is 95.6 Å². The van der Waals surface area contributed by atoms with E-state index in [-0.39, 0.29) is 23.4 Å². The van der Waals surface area contributed by atoms with Crippen molar-refractivity contribution in [2.45, 2.75) is 58.1 Å². The highest BCUT2D eigenvalue weighted by atomic mass is 32.2. The Hall–Kier alpha value is -3.65. The van der Waals surface area contributed by atoms with Crippen LogP contribution in [0.5, 0.6) is 0 Å². The second-order valence-corrected chi connectivity index (χ2v) is 11.3. The molecule has 37 heavy (non-hydrogen) atoms. The fraction of sp³-hybridized carbons (Fsp3) is 0.310. The van der Waals surface area contributed by atoms with Crippen molar-refractivity contribution in [2.75, 3.05) is 10.8 Å². The lowest BCUT2D eigenvalue weighted by atomic mass is 10.1. The molecule has 3 aromatic rings. The van der Waals surface area contributed by atoms with Gasteiger partial charge in [-0.1, -0.05) is 60.2 Å². The summed E-state index contributed by atoms with van der Waals surface area (Å²) in [4.78, 5) is 28.3. The van der Waals surface area contributed by atoms with Gasteiger partial charge in [0.1, 0.15) is 12.6 Å². The summed E-state index contributed by atoms with van der Waals surface area (Å²) in [5.74, 6) is -0.778. The van der Waals surface area contributed by atoms with Crippen LogP contribution in [0.25, 0.3) is 0 Å². The maximum Gasteiger partial charge on any atom is 0.264 e. The quantitative estimate of drug-likeness (QED) is 0.427. The summed E-state index contributed by atoms with van der Waals surface area (Å²) >= 11 is 0. The summed E-state index contributed by atoms with van der Waals surface area (Å²) in [5.41, 5.74) is 3.20. The Bertz CT molecular complexity index is 1320. The van der Waals surface area contributed by atoms with Gasteiger partial charge in [0.25, 0.3) is 10.0 Å². The van der Waals surface area contributed by atoms with E-state index in [2.05, 4.69) is 5.32 Å². The van der Waals surface area contributed by atoms with Gasteiger partial charge < -0.3 is 10.2 Å². The molecular formula is C29H35N3O4S. The second-order valence-electron chi connectivity index (χ2n) is 9.45. The molecule has 7 nitrogen and oxygen atoms in total. The molecule has 0 saturated heterocycles. The average molecular weight is 522 g/mol. The van der Waals surface area contributed by atoms with Gasteiger partial charge in [-0.3, -0.25) is 13.9 Å². The molecule has 0 fully saturated rings. The highest BCUT2D eigenvalue weighted by Gasteiger charge is 2.32. The van der Waals surface area contributed by atoms with Crippen LogP contribution in [0.15, 0.2) is 83.8 Å². The summed E-state index contributed by atoms with van der Waals surface area (Å²) in [6, 6.07) is 21.7. The molecule has 0 aliphatic carbocycles. The fourth-order valence-corrected chi connectivity index (χ4v) is 5.35. The number of carbonyl (C=O) groups excluding carboxylic acids is 2. The summed E-state index contributed by atoms with van der Waals surface area (Å²) in [5, 5.41) is 2.86. The van der Waals surface area contributed by atoms with E-state index in [0.29, 0.717) is 5.69 Å². The maximum atomic E-state index is 13.9. The Kier molecular flexibility index (Phi) is 9.10. The third-order valence-corrected chi connectivity index (χ3v) is 7.92. The van der Waals surface area contributed by atoms with Crippen LogP contribution >= 0.6 is 0 Å². The molecule has 0 bridgehead atoms. The van der Waals surface area contributed by atoms with E-state index in [9.17, 15) is 18.0 Å². The highest BCUT2D eigenvalue weighted by Crippen LogP contribution is 2.25. The lowest BCUT2D eigenvalue weighted by Gasteiger charge is -2.32. The van der Waals surface area contributed by atoms with Crippen LogP contribution in [0.1, 0.15) is 37.5 Å². The van der Waals surface area contributed by atoms with Crippen LogP contribution < -0.4 is 9.62 Å².